The lowest BCUT2D eigenvalue weighted by Gasteiger charge is -2.28. The van der Waals surface area contributed by atoms with Crippen molar-refractivity contribution in [1.82, 2.24) is 0 Å². The summed E-state index contributed by atoms with van der Waals surface area (Å²) >= 11 is 0. The zero-order valence-corrected chi connectivity index (χ0v) is 16.1. The summed E-state index contributed by atoms with van der Waals surface area (Å²) in [6.07, 6.45) is 9.68. The topological polar surface area (TPSA) is 9.23 Å². The SMILES string of the molecule is CCCCC1CCC(c2ccc(C#Cc3ccc(OC)cc3)cc2)CC1. The van der Waals surface area contributed by atoms with Gasteiger partial charge in [-0.1, -0.05) is 50.2 Å². The lowest BCUT2D eigenvalue weighted by Crippen LogP contribution is -2.13. The lowest BCUT2D eigenvalue weighted by molar-refractivity contribution is 0.304. The van der Waals surface area contributed by atoms with Crippen LogP contribution in [0.3, 0.4) is 0 Å². The highest BCUT2D eigenvalue weighted by atomic mass is 16.5. The number of hydrogen-bond acceptors (Lipinski definition) is 1. The number of unbranched alkanes of at least 4 members (excludes halogenated alkanes) is 1. The summed E-state index contributed by atoms with van der Waals surface area (Å²) < 4.78 is 5.18. The van der Waals surface area contributed by atoms with Gasteiger partial charge in [0.25, 0.3) is 0 Å². The minimum Gasteiger partial charge on any atom is -0.497 e. The number of benzene rings is 2. The van der Waals surface area contributed by atoms with E-state index in [2.05, 4.69) is 43.0 Å². The van der Waals surface area contributed by atoms with Crippen molar-refractivity contribution in [3.05, 3.63) is 65.2 Å². The smallest absolute Gasteiger partial charge is 0.118 e. The maximum Gasteiger partial charge on any atom is 0.118 e. The Morgan fingerprint density at radius 3 is 1.96 bits per heavy atom. The van der Waals surface area contributed by atoms with Crippen LogP contribution in [0.15, 0.2) is 48.5 Å². The van der Waals surface area contributed by atoms with Crippen LogP contribution in [0.1, 0.15) is 74.5 Å². The normalized spacial score (nSPS) is 19.5. The van der Waals surface area contributed by atoms with E-state index in [1.165, 1.54) is 50.5 Å². The van der Waals surface area contributed by atoms with Crippen LogP contribution in [0.25, 0.3) is 0 Å². The Kier molecular flexibility index (Phi) is 6.78. The first-order valence-corrected chi connectivity index (χ1v) is 10.0. The minimum absolute atomic E-state index is 0.747. The van der Waals surface area contributed by atoms with Crippen molar-refractivity contribution in [2.75, 3.05) is 7.11 Å². The summed E-state index contributed by atoms with van der Waals surface area (Å²) in [7, 11) is 1.68. The molecule has 2 aromatic carbocycles. The second-order valence-electron chi connectivity index (χ2n) is 7.46. The average Bonchev–Trinajstić information content (AvgIpc) is 2.72. The highest BCUT2D eigenvalue weighted by Gasteiger charge is 2.21. The van der Waals surface area contributed by atoms with E-state index in [1.807, 2.05) is 24.3 Å². The molecule has 136 valence electrons. The van der Waals surface area contributed by atoms with E-state index in [0.717, 1.165) is 28.7 Å². The minimum atomic E-state index is 0.747. The van der Waals surface area contributed by atoms with E-state index in [4.69, 9.17) is 4.74 Å². The van der Waals surface area contributed by atoms with Gasteiger partial charge >= 0.3 is 0 Å². The fraction of sp³-hybridized carbons (Fsp3) is 0.440. The van der Waals surface area contributed by atoms with Gasteiger partial charge in [-0.25, -0.2) is 0 Å². The predicted octanol–water partition coefficient (Wildman–Crippen LogP) is 6.56. The molecule has 0 saturated heterocycles. The second-order valence-corrected chi connectivity index (χ2v) is 7.46. The molecule has 2 aromatic rings. The molecule has 1 aliphatic carbocycles. The molecule has 1 fully saturated rings. The molecule has 0 spiro atoms. The third-order valence-corrected chi connectivity index (χ3v) is 5.64. The van der Waals surface area contributed by atoms with Crippen molar-refractivity contribution in [3.63, 3.8) is 0 Å². The van der Waals surface area contributed by atoms with E-state index >= 15 is 0 Å². The van der Waals surface area contributed by atoms with Gasteiger partial charge in [-0.2, -0.15) is 0 Å². The summed E-state index contributed by atoms with van der Waals surface area (Å²) in [4.78, 5) is 0. The van der Waals surface area contributed by atoms with Crippen LogP contribution in [-0.2, 0) is 0 Å². The molecule has 0 atom stereocenters. The van der Waals surface area contributed by atoms with Crippen molar-refractivity contribution in [2.24, 2.45) is 5.92 Å². The molecule has 3 rings (SSSR count). The fourth-order valence-electron chi connectivity index (χ4n) is 3.93. The summed E-state index contributed by atoms with van der Waals surface area (Å²) in [5.74, 6) is 9.08. The van der Waals surface area contributed by atoms with E-state index < -0.39 is 0 Å². The van der Waals surface area contributed by atoms with Crippen molar-refractivity contribution in [1.29, 1.82) is 0 Å². The summed E-state index contributed by atoms with van der Waals surface area (Å²) in [6.45, 7) is 2.30. The number of rotatable bonds is 5. The number of hydrogen-bond donors (Lipinski definition) is 0. The van der Waals surface area contributed by atoms with Crippen LogP contribution in [0.4, 0.5) is 0 Å². The highest BCUT2D eigenvalue weighted by Crippen LogP contribution is 2.37. The zero-order chi connectivity index (χ0) is 18.2. The Bertz CT molecular complexity index is 722. The molecule has 0 bridgehead atoms. The molecule has 0 aromatic heterocycles. The van der Waals surface area contributed by atoms with Crippen LogP contribution in [0.5, 0.6) is 5.75 Å². The van der Waals surface area contributed by atoms with E-state index in [0.29, 0.717) is 0 Å². The molecule has 1 aliphatic rings. The molecular weight excluding hydrogens is 316 g/mol. The van der Waals surface area contributed by atoms with Crippen LogP contribution in [-0.4, -0.2) is 7.11 Å². The lowest BCUT2D eigenvalue weighted by atomic mass is 9.77. The quantitative estimate of drug-likeness (QED) is 0.557. The third kappa shape index (κ3) is 5.15. The maximum absolute atomic E-state index is 5.18. The molecule has 0 heterocycles. The van der Waals surface area contributed by atoms with Gasteiger partial charge in [-0.3, -0.25) is 0 Å². The first-order chi connectivity index (χ1) is 12.8. The molecule has 1 saturated carbocycles. The standard InChI is InChI=1S/C25H30O/c1-3-4-5-20-8-14-23(15-9-20)24-16-10-21(11-17-24)6-7-22-12-18-25(26-2)19-13-22/h10-13,16-20,23H,3-5,8-9,14-15H2,1-2H3. The van der Waals surface area contributed by atoms with Gasteiger partial charge in [-0.15, -0.1) is 0 Å². The first-order valence-electron chi connectivity index (χ1n) is 10.0. The summed E-state index contributed by atoms with van der Waals surface area (Å²) in [5.41, 5.74) is 3.59. The largest absolute Gasteiger partial charge is 0.497 e. The van der Waals surface area contributed by atoms with Gasteiger partial charge in [0.1, 0.15) is 5.75 Å². The Morgan fingerprint density at radius 2 is 1.42 bits per heavy atom. The number of methoxy groups -OCH3 is 1. The molecule has 0 unspecified atom stereocenters. The van der Waals surface area contributed by atoms with Gasteiger partial charge in [0.15, 0.2) is 0 Å². The molecule has 0 amide bonds. The van der Waals surface area contributed by atoms with Crippen LogP contribution >= 0.6 is 0 Å². The van der Waals surface area contributed by atoms with Gasteiger partial charge in [0.2, 0.25) is 0 Å². The van der Waals surface area contributed by atoms with Crippen molar-refractivity contribution in [2.45, 2.75) is 57.8 Å². The van der Waals surface area contributed by atoms with Gasteiger partial charge in [-0.05, 0) is 79.5 Å². The summed E-state index contributed by atoms with van der Waals surface area (Å²) in [5, 5.41) is 0. The fourth-order valence-corrected chi connectivity index (χ4v) is 3.93. The van der Waals surface area contributed by atoms with Crippen molar-refractivity contribution >= 4 is 0 Å². The Morgan fingerprint density at radius 1 is 0.846 bits per heavy atom. The van der Waals surface area contributed by atoms with Crippen molar-refractivity contribution < 1.29 is 4.74 Å². The molecule has 1 nitrogen and oxygen atoms in total. The first kappa shape index (κ1) is 18.6. The number of ether oxygens (including phenoxy) is 1. The van der Waals surface area contributed by atoms with Crippen LogP contribution in [0.2, 0.25) is 0 Å². The monoisotopic (exact) mass is 346 g/mol. The molecular formula is C25H30O. The zero-order valence-electron chi connectivity index (χ0n) is 16.1. The second kappa shape index (κ2) is 9.48. The Hall–Kier alpha value is -2.20. The van der Waals surface area contributed by atoms with Gasteiger partial charge < -0.3 is 4.74 Å². The predicted molar refractivity (Wildman–Crippen MR) is 110 cm³/mol. The van der Waals surface area contributed by atoms with E-state index in [-0.39, 0.29) is 0 Å². The van der Waals surface area contributed by atoms with Gasteiger partial charge in [0, 0.05) is 11.1 Å². The molecule has 0 radical (unpaired) electrons. The highest BCUT2D eigenvalue weighted by molar-refractivity contribution is 5.45. The van der Waals surface area contributed by atoms with Crippen LogP contribution in [0, 0.1) is 17.8 Å². The summed E-state index contributed by atoms with van der Waals surface area (Å²) in [6, 6.07) is 16.8. The van der Waals surface area contributed by atoms with E-state index in [9.17, 15) is 0 Å². The Balaban J connectivity index is 1.56. The molecule has 1 heteroatoms. The van der Waals surface area contributed by atoms with Gasteiger partial charge in [0.05, 0.1) is 7.11 Å². The van der Waals surface area contributed by atoms with Crippen molar-refractivity contribution in [3.8, 4) is 17.6 Å². The van der Waals surface area contributed by atoms with Crippen LogP contribution < -0.4 is 4.74 Å². The molecule has 0 aliphatic heterocycles. The third-order valence-electron chi connectivity index (χ3n) is 5.64. The molecule has 26 heavy (non-hydrogen) atoms. The maximum atomic E-state index is 5.18. The van der Waals surface area contributed by atoms with E-state index in [1.54, 1.807) is 7.11 Å². The average molecular weight is 347 g/mol. The Labute approximate surface area is 158 Å². The molecule has 0 N–H and O–H groups in total.